The van der Waals surface area contributed by atoms with Gasteiger partial charge in [0, 0.05) is 23.9 Å². The van der Waals surface area contributed by atoms with Crippen LogP contribution in [0.1, 0.15) is 29.7 Å². The highest BCUT2D eigenvalue weighted by Gasteiger charge is 2.16. The minimum Gasteiger partial charge on any atom is -0.439 e. The maximum atomic E-state index is 6.01. The second kappa shape index (κ2) is 6.22. The lowest BCUT2D eigenvalue weighted by molar-refractivity contribution is 0.451. The Kier molecular flexibility index (Phi) is 4.34. The van der Waals surface area contributed by atoms with Crippen LogP contribution in [0.2, 0.25) is 10.0 Å². The summed E-state index contributed by atoms with van der Waals surface area (Å²) in [4.78, 5) is 4.65. The molecule has 0 saturated heterocycles. The van der Waals surface area contributed by atoms with Gasteiger partial charge in [-0.3, -0.25) is 0 Å². The van der Waals surface area contributed by atoms with Crippen molar-refractivity contribution in [3.05, 3.63) is 51.1 Å². The lowest BCUT2D eigenvalue weighted by atomic mass is 9.95. The molecule has 1 aromatic carbocycles. The van der Waals surface area contributed by atoms with E-state index in [0.29, 0.717) is 28.2 Å². The van der Waals surface area contributed by atoms with Gasteiger partial charge in [0.25, 0.3) is 0 Å². The lowest BCUT2D eigenvalue weighted by Gasteiger charge is -2.18. The first-order valence-electron chi connectivity index (χ1n) is 7.02. The third-order valence-electron chi connectivity index (χ3n) is 3.67. The van der Waals surface area contributed by atoms with E-state index in [1.165, 1.54) is 18.4 Å². The van der Waals surface area contributed by atoms with E-state index >= 15 is 0 Å². The molecule has 0 aliphatic heterocycles. The Labute approximate surface area is 134 Å². The van der Waals surface area contributed by atoms with Crippen LogP contribution < -0.4 is 10.5 Å². The highest BCUT2D eigenvalue weighted by atomic mass is 35.5. The van der Waals surface area contributed by atoms with Gasteiger partial charge in [-0.05, 0) is 49.4 Å². The zero-order chi connectivity index (χ0) is 14.8. The Bertz CT molecular complexity index is 674. The lowest BCUT2D eigenvalue weighted by Crippen LogP contribution is -2.10. The smallest absolute Gasteiger partial charge is 0.223 e. The molecule has 2 aromatic rings. The summed E-state index contributed by atoms with van der Waals surface area (Å²) in [6, 6.07) is 7.29. The zero-order valence-corrected chi connectivity index (χ0v) is 13.0. The maximum Gasteiger partial charge on any atom is 0.223 e. The molecule has 0 saturated carbocycles. The van der Waals surface area contributed by atoms with Crippen molar-refractivity contribution in [2.45, 2.75) is 32.2 Å². The minimum absolute atomic E-state index is 0.400. The molecule has 0 spiro atoms. The first kappa shape index (κ1) is 14.6. The van der Waals surface area contributed by atoms with Crippen molar-refractivity contribution in [2.24, 2.45) is 5.73 Å². The van der Waals surface area contributed by atoms with Gasteiger partial charge in [-0.2, -0.15) is 0 Å². The summed E-state index contributed by atoms with van der Waals surface area (Å²) in [5.74, 6) is 1.18. The second-order valence-corrected chi connectivity index (χ2v) is 5.96. The number of benzene rings is 1. The van der Waals surface area contributed by atoms with Crippen molar-refractivity contribution in [3.63, 3.8) is 0 Å². The number of aryl methyl sites for hydroxylation is 2. The molecule has 110 valence electrons. The van der Waals surface area contributed by atoms with Gasteiger partial charge in [0.1, 0.15) is 5.75 Å². The topological polar surface area (TPSA) is 48.1 Å². The van der Waals surface area contributed by atoms with Gasteiger partial charge < -0.3 is 10.5 Å². The SMILES string of the molecule is NCc1cc2c(nc1Oc1ccc(Cl)c(Cl)c1)CCCC2. The van der Waals surface area contributed by atoms with Gasteiger partial charge in [0.2, 0.25) is 5.88 Å². The van der Waals surface area contributed by atoms with Crippen molar-refractivity contribution in [3.8, 4) is 11.6 Å². The van der Waals surface area contributed by atoms with E-state index in [2.05, 4.69) is 11.1 Å². The second-order valence-electron chi connectivity index (χ2n) is 5.15. The molecule has 0 fully saturated rings. The summed E-state index contributed by atoms with van der Waals surface area (Å²) in [6.45, 7) is 0.400. The molecule has 1 aromatic heterocycles. The first-order chi connectivity index (χ1) is 10.2. The summed E-state index contributed by atoms with van der Waals surface area (Å²) in [5.41, 5.74) is 9.16. The molecule has 0 bridgehead atoms. The number of hydrogen-bond acceptors (Lipinski definition) is 3. The van der Waals surface area contributed by atoms with Gasteiger partial charge in [-0.25, -0.2) is 4.98 Å². The third kappa shape index (κ3) is 3.15. The van der Waals surface area contributed by atoms with E-state index in [-0.39, 0.29) is 0 Å². The number of hydrogen-bond donors (Lipinski definition) is 1. The van der Waals surface area contributed by atoms with E-state index in [0.717, 1.165) is 24.1 Å². The molecule has 21 heavy (non-hydrogen) atoms. The van der Waals surface area contributed by atoms with Crippen LogP contribution in [0.25, 0.3) is 0 Å². The summed E-state index contributed by atoms with van der Waals surface area (Å²) in [7, 11) is 0. The fourth-order valence-electron chi connectivity index (χ4n) is 2.55. The number of nitrogens with two attached hydrogens (primary N) is 1. The highest BCUT2D eigenvalue weighted by molar-refractivity contribution is 6.42. The van der Waals surface area contributed by atoms with Crippen LogP contribution in [0.15, 0.2) is 24.3 Å². The fourth-order valence-corrected chi connectivity index (χ4v) is 2.84. The van der Waals surface area contributed by atoms with Gasteiger partial charge >= 0.3 is 0 Å². The molecule has 0 radical (unpaired) electrons. The van der Waals surface area contributed by atoms with Crippen LogP contribution >= 0.6 is 23.2 Å². The largest absolute Gasteiger partial charge is 0.439 e. The fraction of sp³-hybridized carbons (Fsp3) is 0.312. The molecule has 0 amide bonds. The first-order valence-corrected chi connectivity index (χ1v) is 7.77. The Morgan fingerprint density at radius 2 is 1.90 bits per heavy atom. The van der Waals surface area contributed by atoms with Crippen molar-refractivity contribution < 1.29 is 4.74 Å². The molecule has 5 heteroatoms. The number of rotatable bonds is 3. The van der Waals surface area contributed by atoms with Crippen molar-refractivity contribution in [1.82, 2.24) is 4.98 Å². The predicted octanol–water partition coefficient (Wildman–Crippen LogP) is 4.52. The van der Waals surface area contributed by atoms with Gasteiger partial charge in [0.15, 0.2) is 0 Å². The molecular weight excluding hydrogens is 307 g/mol. The number of pyridine rings is 1. The number of halogens is 2. The third-order valence-corrected chi connectivity index (χ3v) is 4.40. The molecular formula is C16H16Cl2N2O. The maximum absolute atomic E-state index is 6.01. The summed E-state index contributed by atoms with van der Waals surface area (Å²) in [6.07, 6.45) is 4.46. The molecule has 0 atom stereocenters. The Balaban J connectivity index is 1.95. The summed E-state index contributed by atoms with van der Waals surface area (Å²) >= 11 is 11.9. The van der Waals surface area contributed by atoms with Crippen LogP contribution in [-0.2, 0) is 19.4 Å². The number of aromatic nitrogens is 1. The Morgan fingerprint density at radius 3 is 2.67 bits per heavy atom. The van der Waals surface area contributed by atoms with Crippen LogP contribution in [0.4, 0.5) is 0 Å². The minimum atomic E-state index is 0.400. The number of fused-ring (bicyclic) bond motifs is 1. The molecule has 3 rings (SSSR count). The molecule has 3 nitrogen and oxygen atoms in total. The molecule has 0 unspecified atom stereocenters. The molecule has 1 aliphatic rings. The van der Waals surface area contributed by atoms with Crippen molar-refractivity contribution in [1.29, 1.82) is 0 Å². The van der Waals surface area contributed by atoms with Gasteiger partial charge in [-0.15, -0.1) is 0 Å². The van der Waals surface area contributed by atoms with E-state index in [1.54, 1.807) is 18.2 Å². The molecule has 1 heterocycles. The van der Waals surface area contributed by atoms with Crippen LogP contribution in [0.3, 0.4) is 0 Å². The Hall–Kier alpha value is -1.29. The van der Waals surface area contributed by atoms with E-state index in [1.807, 2.05) is 0 Å². The van der Waals surface area contributed by atoms with Gasteiger partial charge in [-0.1, -0.05) is 23.2 Å². The molecule has 2 N–H and O–H groups in total. The highest BCUT2D eigenvalue weighted by Crippen LogP contribution is 2.32. The van der Waals surface area contributed by atoms with Crippen LogP contribution in [0.5, 0.6) is 11.6 Å². The molecule has 1 aliphatic carbocycles. The summed E-state index contributed by atoms with van der Waals surface area (Å²) in [5, 5.41) is 0.961. The average Bonchev–Trinajstić information content (AvgIpc) is 2.50. The summed E-state index contributed by atoms with van der Waals surface area (Å²) < 4.78 is 5.87. The standard InChI is InChI=1S/C16H16Cl2N2O/c17-13-6-5-12(8-14(13)18)21-16-11(9-19)7-10-3-1-2-4-15(10)20-16/h5-8H,1-4,9,19H2. The van der Waals surface area contributed by atoms with Crippen molar-refractivity contribution in [2.75, 3.05) is 0 Å². The van der Waals surface area contributed by atoms with Crippen LogP contribution in [-0.4, -0.2) is 4.98 Å². The zero-order valence-electron chi connectivity index (χ0n) is 11.5. The number of nitrogens with zero attached hydrogens (tertiary/aromatic N) is 1. The van der Waals surface area contributed by atoms with E-state index < -0.39 is 0 Å². The van der Waals surface area contributed by atoms with E-state index in [4.69, 9.17) is 33.7 Å². The number of ether oxygens (including phenoxy) is 1. The quantitative estimate of drug-likeness (QED) is 0.903. The normalized spacial score (nSPS) is 13.9. The van der Waals surface area contributed by atoms with Crippen LogP contribution in [0, 0.1) is 0 Å². The average molecular weight is 323 g/mol. The Morgan fingerprint density at radius 1 is 1.10 bits per heavy atom. The van der Waals surface area contributed by atoms with Crippen molar-refractivity contribution >= 4 is 23.2 Å². The predicted molar refractivity (Wildman–Crippen MR) is 85.3 cm³/mol. The monoisotopic (exact) mass is 322 g/mol. The van der Waals surface area contributed by atoms with Gasteiger partial charge in [0.05, 0.1) is 10.0 Å². The van der Waals surface area contributed by atoms with E-state index in [9.17, 15) is 0 Å².